The monoisotopic (exact) mass is 360 g/mol. The van der Waals surface area contributed by atoms with E-state index in [1.807, 2.05) is 13.0 Å². The van der Waals surface area contributed by atoms with Gasteiger partial charge in [-0.1, -0.05) is 22.0 Å². The number of benzene rings is 1. The number of carbonyl (C=O) groups excluding carboxylic acids is 1. The van der Waals surface area contributed by atoms with Crippen molar-refractivity contribution in [1.29, 1.82) is 0 Å². The van der Waals surface area contributed by atoms with Crippen molar-refractivity contribution in [1.82, 2.24) is 4.31 Å². The van der Waals surface area contributed by atoms with Gasteiger partial charge < -0.3 is 5.32 Å². The topological polar surface area (TPSA) is 66.5 Å². The summed E-state index contributed by atoms with van der Waals surface area (Å²) in [5.41, 5.74) is 1.72. The van der Waals surface area contributed by atoms with E-state index in [9.17, 15) is 13.2 Å². The number of hydrogen-bond acceptors (Lipinski definition) is 3. The quantitative estimate of drug-likeness (QED) is 0.874. The SMILES string of the molecule is Cc1ccc(NC(=O)CN(C2CC2)S(C)(=O)=O)cc1Br. The molecular weight excluding hydrogens is 344 g/mol. The molecule has 0 aliphatic heterocycles. The van der Waals surface area contributed by atoms with E-state index < -0.39 is 10.0 Å². The van der Waals surface area contributed by atoms with Crippen LogP contribution in [0.4, 0.5) is 5.69 Å². The predicted octanol–water partition coefficient (Wildman–Crippen LogP) is 2.12. The summed E-state index contributed by atoms with van der Waals surface area (Å²) in [6.07, 6.45) is 2.80. The second-order valence-electron chi connectivity index (χ2n) is 5.05. The fourth-order valence-corrected chi connectivity index (χ4v) is 3.38. The lowest BCUT2D eigenvalue weighted by Gasteiger charge is -2.18. The molecule has 0 heterocycles. The van der Waals surface area contributed by atoms with Crippen LogP contribution >= 0.6 is 15.9 Å². The number of nitrogens with zero attached hydrogens (tertiary/aromatic N) is 1. The van der Waals surface area contributed by atoms with E-state index in [-0.39, 0.29) is 18.5 Å². The fraction of sp³-hybridized carbons (Fsp3) is 0.462. The second kappa shape index (κ2) is 5.83. The molecule has 0 aromatic heterocycles. The summed E-state index contributed by atoms with van der Waals surface area (Å²) >= 11 is 3.39. The maximum atomic E-state index is 12.0. The standard InChI is InChI=1S/C13H17BrN2O3S/c1-9-3-4-10(7-12(9)14)15-13(17)8-16(11-5-6-11)20(2,18)19/h3-4,7,11H,5-6,8H2,1-2H3,(H,15,17). The van der Waals surface area contributed by atoms with Crippen LogP contribution in [0.15, 0.2) is 22.7 Å². The number of aryl methyl sites for hydroxylation is 1. The highest BCUT2D eigenvalue weighted by atomic mass is 79.9. The number of amides is 1. The van der Waals surface area contributed by atoms with E-state index in [4.69, 9.17) is 0 Å². The van der Waals surface area contributed by atoms with Crippen LogP contribution < -0.4 is 5.32 Å². The van der Waals surface area contributed by atoms with Crippen molar-refractivity contribution >= 4 is 37.5 Å². The predicted molar refractivity (Wildman–Crippen MR) is 82.1 cm³/mol. The van der Waals surface area contributed by atoms with Crippen LogP contribution in [0, 0.1) is 6.92 Å². The minimum absolute atomic E-state index is 0.0134. The van der Waals surface area contributed by atoms with Crippen molar-refractivity contribution in [3.8, 4) is 0 Å². The summed E-state index contributed by atoms with van der Waals surface area (Å²) in [6, 6.07) is 5.46. The average Bonchev–Trinajstić information content (AvgIpc) is 3.13. The van der Waals surface area contributed by atoms with Gasteiger partial charge in [-0.2, -0.15) is 4.31 Å². The van der Waals surface area contributed by atoms with Crippen molar-refractivity contribution in [2.75, 3.05) is 18.1 Å². The molecule has 1 saturated carbocycles. The minimum atomic E-state index is -3.34. The first-order valence-corrected chi connectivity index (χ1v) is 8.94. The molecule has 20 heavy (non-hydrogen) atoms. The number of anilines is 1. The molecule has 1 fully saturated rings. The molecule has 1 aliphatic carbocycles. The zero-order valence-corrected chi connectivity index (χ0v) is 13.8. The number of nitrogens with one attached hydrogen (secondary N) is 1. The minimum Gasteiger partial charge on any atom is -0.325 e. The zero-order chi connectivity index (χ0) is 14.9. The molecule has 1 aliphatic rings. The molecule has 0 radical (unpaired) electrons. The van der Waals surface area contributed by atoms with Gasteiger partial charge in [0.2, 0.25) is 15.9 Å². The Morgan fingerprint density at radius 3 is 2.60 bits per heavy atom. The van der Waals surface area contributed by atoms with Crippen LogP contribution in [0.25, 0.3) is 0 Å². The van der Waals surface area contributed by atoms with Crippen molar-refractivity contribution in [2.24, 2.45) is 0 Å². The first kappa shape index (κ1) is 15.5. The molecule has 1 aromatic rings. The third kappa shape index (κ3) is 4.04. The highest BCUT2D eigenvalue weighted by Crippen LogP contribution is 2.28. The smallest absolute Gasteiger partial charge is 0.239 e. The highest BCUT2D eigenvalue weighted by Gasteiger charge is 2.36. The van der Waals surface area contributed by atoms with Crippen LogP contribution in [-0.2, 0) is 14.8 Å². The summed E-state index contributed by atoms with van der Waals surface area (Å²) in [5.74, 6) is -0.321. The highest BCUT2D eigenvalue weighted by molar-refractivity contribution is 9.10. The average molecular weight is 361 g/mol. The van der Waals surface area contributed by atoms with Gasteiger partial charge in [0.15, 0.2) is 0 Å². The van der Waals surface area contributed by atoms with Gasteiger partial charge in [-0.05, 0) is 37.5 Å². The molecule has 1 N–H and O–H groups in total. The maximum Gasteiger partial charge on any atom is 0.239 e. The van der Waals surface area contributed by atoms with Crippen molar-refractivity contribution in [3.63, 3.8) is 0 Å². The van der Waals surface area contributed by atoms with Crippen molar-refractivity contribution in [2.45, 2.75) is 25.8 Å². The van der Waals surface area contributed by atoms with E-state index in [0.717, 1.165) is 29.1 Å². The Hall–Kier alpha value is -0.920. The van der Waals surface area contributed by atoms with Gasteiger partial charge >= 0.3 is 0 Å². The van der Waals surface area contributed by atoms with Crippen LogP contribution in [0.1, 0.15) is 18.4 Å². The molecule has 7 heteroatoms. The molecule has 0 atom stereocenters. The molecule has 0 unspecified atom stereocenters. The lowest BCUT2D eigenvalue weighted by molar-refractivity contribution is -0.116. The van der Waals surface area contributed by atoms with E-state index in [0.29, 0.717) is 5.69 Å². The Morgan fingerprint density at radius 2 is 2.10 bits per heavy atom. The lowest BCUT2D eigenvalue weighted by atomic mass is 10.2. The zero-order valence-electron chi connectivity index (χ0n) is 11.4. The molecule has 5 nitrogen and oxygen atoms in total. The van der Waals surface area contributed by atoms with Crippen molar-refractivity contribution < 1.29 is 13.2 Å². The molecule has 0 spiro atoms. The Bertz CT molecular complexity index is 627. The van der Waals surface area contributed by atoms with Gasteiger partial charge in [-0.15, -0.1) is 0 Å². The number of hydrogen-bond donors (Lipinski definition) is 1. The number of carbonyl (C=O) groups is 1. The van der Waals surface area contributed by atoms with Gasteiger partial charge in [0.05, 0.1) is 12.8 Å². The second-order valence-corrected chi connectivity index (χ2v) is 7.84. The van der Waals surface area contributed by atoms with Gasteiger partial charge in [-0.25, -0.2) is 8.42 Å². The number of sulfonamides is 1. The third-order valence-corrected chi connectivity index (χ3v) is 5.27. The summed E-state index contributed by atoms with van der Waals surface area (Å²) in [5, 5.41) is 2.72. The molecule has 2 rings (SSSR count). The van der Waals surface area contributed by atoms with E-state index >= 15 is 0 Å². The third-order valence-electron chi connectivity index (χ3n) is 3.14. The van der Waals surface area contributed by atoms with Crippen LogP contribution in [0.3, 0.4) is 0 Å². The first-order chi connectivity index (χ1) is 9.27. The van der Waals surface area contributed by atoms with Gasteiger partial charge in [-0.3, -0.25) is 4.79 Å². The Balaban J connectivity index is 2.02. The summed E-state index contributed by atoms with van der Waals surface area (Å²) in [7, 11) is -3.34. The van der Waals surface area contributed by atoms with Crippen LogP contribution in [0.2, 0.25) is 0 Å². The summed E-state index contributed by atoms with van der Waals surface area (Å²) in [6.45, 7) is 1.82. The normalized spacial score (nSPS) is 15.4. The van der Waals surface area contributed by atoms with Crippen LogP contribution in [-0.4, -0.2) is 37.5 Å². The van der Waals surface area contributed by atoms with E-state index in [1.54, 1.807) is 12.1 Å². The van der Waals surface area contributed by atoms with Crippen LogP contribution in [0.5, 0.6) is 0 Å². The summed E-state index contributed by atoms with van der Waals surface area (Å²) in [4.78, 5) is 12.0. The molecule has 1 amide bonds. The Labute approximate surface area is 127 Å². The maximum absolute atomic E-state index is 12.0. The first-order valence-electron chi connectivity index (χ1n) is 6.30. The van der Waals surface area contributed by atoms with Gasteiger partial charge in [0.1, 0.15) is 0 Å². The molecule has 1 aromatic carbocycles. The lowest BCUT2D eigenvalue weighted by Crippen LogP contribution is -2.38. The van der Waals surface area contributed by atoms with E-state index in [1.165, 1.54) is 4.31 Å². The molecule has 110 valence electrons. The Kier molecular flexibility index (Phi) is 4.51. The molecular formula is C13H17BrN2O3S. The largest absolute Gasteiger partial charge is 0.325 e. The van der Waals surface area contributed by atoms with Gasteiger partial charge in [0.25, 0.3) is 0 Å². The van der Waals surface area contributed by atoms with Crippen molar-refractivity contribution in [3.05, 3.63) is 28.2 Å². The Morgan fingerprint density at radius 1 is 1.45 bits per heavy atom. The van der Waals surface area contributed by atoms with E-state index in [2.05, 4.69) is 21.2 Å². The molecule has 0 bridgehead atoms. The number of halogens is 1. The number of rotatable bonds is 5. The fourth-order valence-electron chi connectivity index (χ4n) is 1.89. The summed E-state index contributed by atoms with van der Waals surface area (Å²) < 4.78 is 25.4. The van der Waals surface area contributed by atoms with Gasteiger partial charge in [0, 0.05) is 16.2 Å². The molecule has 0 saturated heterocycles.